The van der Waals surface area contributed by atoms with Crippen molar-refractivity contribution in [2.24, 2.45) is 7.05 Å². The molecular weight excluding hydrogens is 306 g/mol. The van der Waals surface area contributed by atoms with E-state index in [0.29, 0.717) is 12.4 Å². The molecule has 1 aromatic carbocycles. The minimum Gasteiger partial charge on any atom is -0.389 e. The van der Waals surface area contributed by atoms with Crippen molar-refractivity contribution in [3.05, 3.63) is 48.4 Å². The van der Waals surface area contributed by atoms with Gasteiger partial charge >= 0.3 is 0 Å². The fraction of sp³-hybridized carbons (Fsp3) is 0.353. The van der Waals surface area contributed by atoms with E-state index in [1.165, 1.54) is 6.33 Å². The lowest BCUT2D eigenvalue weighted by Gasteiger charge is -2.17. The van der Waals surface area contributed by atoms with Gasteiger partial charge in [-0.05, 0) is 12.5 Å². The lowest BCUT2D eigenvalue weighted by Crippen LogP contribution is -2.26. The number of nitrogens with one attached hydrogen (secondary N) is 1. The van der Waals surface area contributed by atoms with E-state index in [9.17, 15) is 5.11 Å². The Morgan fingerprint density at radius 1 is 1.25 bits per heavy atom. The van der Waals surface area contributed by atoms with Gasteiger partial charge in [0.2, 0.25) is 0 Å². The smallest absolute Gasteiger partial charge is 0.163 e. The fourth-order valence-electron chi connectivity index (χ4n) is 2.45. The van der Waals surface area contributed by atoms with Crippen molar-refractivity contribution in [1.29, 1.82) is 0 Å². The molecule has 3 rings (SSSR count). The number of anilines is 1. The van der Waals surface area contributed by atoms with Crippen LogP contribution in [0.4, 0.5) is 5.82 Å². The van der Waals surface area contributed by atoms with Gasteiger partial charge in [0.15, 0.2) is 5.65 Å². The van der Waals surface area contributed by atoms with E-state index in [2.05, 4.69) is 20.4 Å². The van der Waals surface area contributed by atoms with E-state index in [1.54, 1.807) is 10.9 Å². The average Bonchev–Trinajstić information content (AvgIpc) is 3.00. The van der Waals surface area contributed by atoms with Crippen LogP contribution in [-0.2, 0) is 11.8 Å². The highest BCUT2D eigenvalue weighted by Crippen LogP contribution is 2.18. The zero-order valence-electron chi connectivity index (χ0n) is 13.8. The Morgan fingerprint density at radius 3 is 2.83 bits per heavy atom. The number of aromatic nitrogens is 4. The van der Waals surface area contributed by atoms with Crippen LogP contribution in [0.3, 0.4) is 0 Å². The number of rotatable bonds is 7. The third-order valence-corrected chi connectivity index (χ3v) is 3.84. The molecule has 7 nitrogen and oxygen atoms in total. The van der Waals surface area contributed by atoms with Crippen LogP contribution in [0, 0.1) is 0 Å². The summed E-state index contributed by atoms with van der Waals surface area (Å²) >= 11 is 0. The van der Waals surface area contributed by atoms with E-state index >= 15 is 0 Å². The van der Waals surface area contributed by atoms with Crippen molar-refractivity contribution in [2.45, 2.75) is 19.1 Å². The first-order valence-electron chi connectivity index (χ1n) is 7.86. The molecule has 0 spiro atoms. The second-order valence-electron chi connectivity index (χ2n) is 5.65. The predicted octanol–water partition coefficient (Wildman–Crippen LogP) is 1.91. The number of nitrogens with zero attached hydrogens (tertiary/aromatic N) is 4. The molecule has 126 valence electrons. The molecule has 2 atom stereocenters. The van der Waals surface area contributed by atoms with Crippen molar-refractivity contribution < 1.29 is 9.84 Å². The van der Waals surface area contributed by atoms with Gasteiger partial charge < -0.3 is 15.2 Å². The number of aliphatic hydroxyl groups excluding tert-OH is 1. The largest absolute Gasteiger partial charge is 0.389 e. The van der Waals surface area contributed by atoms with E-state index in [0.717, 1.165) is 16.6 Å². The lowest BCUT2D eigenvalue weighted by atomic mass is 10.1. The van der Waals surface area contributed by atoms with Gasteiger partial charge in [-0.2, -0.15) is 5.10 Å². The maximum atomic E-state index is 10.1. The van der Waals surface area contributed by atoms with Crippen LogP contribution < -0.4 is 5.32 Å². The molecule has 0 bridgehead atoms. The van der Waals surface area contributed by atoms with E-state index < -0.39 is 6.10 Å². The van der Waals surface area contributed by atoms with Crippen LogP contribution in [0.25, 0.3) is 11.0 Å². The summed E-state index contributed by atoms with van der Waals surface area (Å²) in [5.41, 5.74) is 1.83. The topological polar surface area (TPSA) is 85.1 Å². The number of aryl methyl sites for hydroxylation is 1. The number of ether oxygens (including phenoxy) is 1. The molecule has 3 aromatic rings. The van der Waals surface area contributed by atoms with Crippen molar-refractivity contribution in [2.75, 3.05) is 18.5 Å². The molecule has 0 aliphatic heterocycles. The first-order chi connectivity index (χ1) is 11.6. The number of aliphatic hydroxyl groups is 1. The van der Waals surface area contributed by atoms with Gasteiger partial charge in [-0.1, -0.05) is 30.3 Å². The number of benzene rings is 1. The molecule has 2 heterocycles. The number of hydrogen-bond acceptors (Lipinski definition) is 6. The summed E-state index contributed by atoms with van der Waals surface area (Å²) in [6.07, 6.45) is 2.48. The SMILES string of the molecule is C[C@H](OC[C@@H](O)CNc1ncnc2c1cnn2C)c1ccccc1. The maximum absolute atomic E-state index is 10.1. The Kier molecular flexibility index (Phi) is 5.02. The van der Waals surface area contributed by atoms with Crippen LogP contribution in [0.5, 0.6) is 0 Å². The summed E-state index contributed by atoms with van der Waals surface area (Å²) < 4.78 is 7.41. The predicted molar refractivity (Wildman–Crippen MR) is 91.6 cm³/mol. The van der Waals surface area contributed by atoms with Gasteiger partial charge in [-0.25, -0.2) is 9.97 Å². The van der Waals surface area contributed by atoms with Gasteiger partial charge in [0.25, 0.3) is 0 Å². The molecule has 0 aliphatic carbocycles. The summed E-state index contributed by atoms with van der Waals surface area (Å²) in [7, 11) is 1.83. The molecule has 2 aromatic heterocycles. The minimum atomic E-state index is -0.641. The van der Waals surface area contributed by atoms with Crippen LogP contribution in [0.1, 0.15) is 18.6 Å². The van der Waals surface area contributed by atoms with Crippen LogP contribution in [0.2, 0.25) is 0 Å². The highest BCUT2D eigenvalue weighted by molar-refractivity contribution is 5.85. The minimum absolute atomic E-state index is 0.0649. The summed E-state index contributed by atoms with van der Waals surface area (Å²) in [6.45, 7) is 2.55. The van der Waals surface area contributed by atoms with E-state index in [4.69, 9.17) is 4.74 Å². The summed E-state index contributed by atoms with van der Waals surface area (Å²) in [4.78, 5) is 8.39. The molecule has 0 fully saturated rings. The third-order valence-electron chi connectivity index (χ3n) is 3.84. The first-order valence-corrected chi connectivity index (χ1v) is 7.86. The van der Waals surface area contributed by atoms with Crippen molar-refractivity contribution in [3.8, 4) is 0 Å². The third kappa shape index (κ3) is 3.69. The van der Waals surface area contributed by atoms with Gasteiger partial charge in [0, 0.05) is 13.6 Å². The van der Waals surface area contributed by atoms with Gasteiger partial charge in [-0.3, -0.25) is 4.68 Å². The average molecular weight is 327 g/mol. The zero-order valence-corrected chi connectivity index (χ0v) is 13.8. The second-order valence-corrected chi connectivity index (χ2v) is 5.65. The molecule has 0 radical (unpaired) electrons. The van der Waals surface area contributed by atoms with Gasteiger partial charge in [0.1, 0.15) is 12.1 Å². The van der Waals surface area contributed by atoms with Gasteiger partial charge in [-0.15, -0.1) is 0 Å². The van der Waals surface area contributed by atoms with E-state index in [1.807, 2.05) is 44.3 Å². The molecule has 24 heavy (non-hydrogen) atoms. The summed E-state index contributed by atoms with van der Waals surface area (Å²) in [5, 5.41) is 18.3. The van der Waals surface area contributed by atoms with Crippen molar-refractivity contribution in [3.63, 3.8) is 0 Å². The highest BCUT2D eigenvalue weighted by Gasteiger charge is 2.12. The summed E-state index contributed by atoms with van der Waals surface area (Å²) in [5.74, 6) is 0.656. The molecule has 2 N–H and O–H groups in total. The zero-order chi connectivity index (χ0) is 16.9. The summed E-state index contributed by atoms with van der Waals surface area (Å²) in [6, 6.07) is 9.93. The molecule has 0 saturated heterocycles. The number of fused-ring (bicyclic) bond motifs is 1. The van der Waals surface area contributed by atoms with Crippen LogP contribution in [-0.4, -0.2) is 44.1 Å². The van der Waals surface area contributed by atoms with Crippen molar-refractivity contribution >= 4 is 16.9 Å². The number of hydrogen-bond donors (Lipinski definition) is 2. The Labute approximate surface area is 140 Å². The van der Waals surface area contributed by atoms with Crippen LogP contribution >= 0.6 is 0 Å². The Morgan fingerprint density at radius 2 is 2.04 bits per heavy atom. The molecule has 0 amide bonds. The molecule has 0 unspecified atom stereocenters. The lowest BCUT2D eigenvalue weighted by molar-refractivity contribution is 0.00242. The normalized spacial score (nSPS) is 13.8. The Hall–Kier alpha value is -2.51. The highest BCUT2D eigenvalue weighted by atomic mass is 16.5. The molecular formula is C17H21N5O2. The van der Waals surface area contributed by atoms with E-state index in [-0.39, 0.29) is 12.7 Å². The second kappa shape index (κ2) is 7.37. The molecule has 0 saturated carbocycles. The monoisotopic (exact) mass is 327 g/mol. The Bertz CT molecular complexity index is 790. The van der Waals surface area contributed by atoms with Crippen LogP contribution in [0.15, 0.2) is 42.9 Å². The fourth-order valence-corrected chi connectivity index (χ4v) is 2.45. The Balaban J connectivity index is 1.53. The quantitative estimate of drug-likeness (QED) is 0.689. The standard InChI is InChI=1S/C17H21N5O2/c1-12(13-6-4-3-5-7-13)24-10-14(23)8-18-16-15-9-21-22(2)17(15)20-11-19-16/h3-7,9,11-12,14,23H,8,10H2,1-2H3,(H,18,19,20)/t12-,14-/m0/s1. The van der Waals surface area contributed by atoms with Gasteiger partial charge in [0.05, 0.1) is 30.4 Å². The van der Waals surface area contributed by atoms with Crippen molar-refractivity contribution in [1.82, 2.24) is 19.7 Å². The molecule has 0 aliphatic rings. The molecule has 7 heteroatoms. The first kappa shape index (κ1) is 16.4. The maximum Gasteiger partial charge on any atom is 0.163 e.